The van der Waals surface area contributed by atoms with Crippen molar-refractivity contribution in [2.45, 2.75) is 31.1 Å². The highest BCUT2D eigenvalue weighted by molar-refractivity contribution is 9.10. The molecule has 0 atom stereocenters. The van der Waals surface area contributed by atoms with Crippen molar-refractivity contribution in [2.75, 3.05) is 13.1 Å². The van der Waals surface area contributed by atoms with Crippen LogP contribution in [-0.2, 0) is 11.8 Å². The number of H-pyrrole nitrogens is 1. The topological polar surface area (TPSA) is 62.2 Å². The highest BCUT2D eigenvalue weighted by Crippen LogP contribution is 2.42. The Hall–Kier alpha value is -1.14. The maximum Gasteiger partial charge on any atom is 0.276 e. The summed E-state index contributed by atoms with van der Waals surface area (Å²) in [4.78, 5) is 17.4. The van der Waals surface area contributed by atoms with Crippen LogP contribution in [0.5, 0.6) is 0 Å². The van der Waals surface area contributed by atoms with Crippen LogP contribution in [0, 0.1) is 0 Å². The van der Waals surface area contributed by atoms with Gasteiger partial charge in [-0.25, -0.2) is 9.50 Å². The van der Waals surface area contributed by atoms with E-state index in [4.69, 9.17) is 0 Å². The van der Waals surface area contributed by atoms with Crippen LogP contribution in [0.3, 0.4) is 0 Å². The van der Waals surface area contributed by atoms with E-state index in [0.29, 0.717) is 5.65 Å². The molecular weight excluding hydrogens is 308 g/mol. The summed E-state index contributed by atoms with van der Waals surface area (Å²) in [6.07, 6.45) is 4.10. The average Bonchev–Trinajstić information content (AvgIpc) is 2.93. The largest absolute Gasteiger partial charge is 0.317 e. The van der Waals surface area contributed by atoms with Gasteiger partial charge in [0.15, 0.2) is 5.65 Å². The Labute approximate surface area is 118 Å². The Morgan fingerprint density at radius 2 is 2.11 bits per heavy atom. The fourth-order valence-electron chi connectivity index (χ4n) is 3.64. The molecule has 5 nitrogen and oxygen atoms in total. The number of rotatable bonds is 0. The molecule has 2 aromatic heterocycles. The summed E-state index contributed by atoms with van der Waals surface area (Å²) in [6.45, 7) is 1.99. The Morgan fingerprint density at radius 3 is 2.89 bits per heavy atom. The van der Waals surface area contributed by atoms with Crippen LogP contribution in [0.2, 0.25) is 0 Å². The van der Waals surface area contributed by atoms with Crippen LogP contribution in [0.4, 0.5) is 0 Å². The molecule has 0 amide bonds. The van der Waals surface area contributed by atoms with Crippen molar-refractivity contribution in [3.8, 4) is 0 Å². The Bertz CT molecular complexity index is 711. The molecule has 2 aliphatic rings. The molecule has 1 spiro atoms. The zero-order valence-electron chi connectivity index (χ0n) is 10.5. The van der Waals surface area contributed by atoms with Crippen molar-refractivity contribution in [3.63, 3.8) is 0 Å². The number of aromatic nitrogens is 3. The maximum atomic E-state index is 12.8. The van der Waals surface area contributed by atoms with Crippen molar-refractivity contribution >= 4 is 21.6 Å². The lowest BCUT2D eigenvalue weighted by molar-refractivity contribution is 0.304. The second kappa shape index (κ2) is 3.93. The fourth-order valence-corrected chi connectivity index (χ4v) is 4.02. The number of fused-ring (bicyclic) bond motifs is 3. The molecule has 2 aromatic rings. The second-order valence-electron chi connectivity index (χ2n) is 5.57. The van der Waals surface area contributed by atoms with E-state index in [1.165, 1.54) is 0 Å². The smallest absolute Gasteiger partial charge is 0.276 e. The van der Waals surface area contributed by atoms with Crippen LogP contribution >= 0.6 is 15.9 Å². The summed E-state index contributed by atoms with van der Waals surface area (Å²) in [5.74, 6) is 0. The Balaban J connectivity index is 2.00. The predicted molar refractivity (Wildman–Crippen MR) is 75.6 cm³/mol. The van der Waals surface area contributed by atoms with Gasteiger partial charge in [0.25, 0.3) is 5.56 Å². The molecule has 6 heteroatoms. The number of halogens is 1. The molecule has 0 radical (unpaired) electrons. The molecule has 0 aromatic carbocycles. The van der Waals surface area contributed by atoms with Crippen LogP contribution in [0.25, 0.3) is 5.65 Å². The highest BCUT2D eigenvalue weighted by atomic mass is 79.9. The molecule has 4 rings (SSSR count). The van der Waals surface area contributed by atoms with Crippen molar-refractivity contribution in [2.24, 2.45) is 0 Å². The molecular formula is C13H15BrN4O. The summed E-state index contributed by atoms with van der Waals surface area (Å²) in [6, 6.07) is 1.86. The molecule has 0 bridgehead atoms. The van der Waals surface area contributed by atoms with Crippen LogP contribution in [0.15, 0.2) is 15.5 Å². The van der Waals surface area contributed by atoms with Crippen molar-refractivity contribution in [1.82, 2.24) is 19.9 Å². The minimum atomic E-state index is 0.0590. The van der Waals surface area contributed by atoms with E-state index in [1.807, 2.05) is 6.07 Å². The summed E-state index contributed by atoms with van der Waals surface area (Å²) in [7, 11) is 0. The van der Waals surface area contributed by atoms with Gasteiger partial charge < -0.3 is 5.32 Å². The third-order valence-corrected chi connectivity index (χ3v) is 5.00. The van der Waals surface area contributed by atoms with E-state index < -0.39 is 0 Å². The lowest BCUT2D eigenvalue weighted by atomic mass is 9.75. The summed E-state index contributed by atoms with van der Waals surface area (Å²) < 4.78 is 2.36. The first-order valence-electron chi connectivity index (χ1n) is 6.71. The van der Waals surface area contributed by atoms with Gasteiger partial charge in [0.05, 0.1) is 5.69 Å². The quantitative estimate of drug-likeness (QED) is 0.769. The van der Waals surface area contributed by atoms with Crippen LogP contribution in [0.1, 0.15) is 30.5 Å². The molecule has 0 saturated carbocycles. The Morgan fingerprint density at radius 1 is 1.32 bits per heavy atom. The fraction of sp³-hybridized carbons (Fsp3) is 0.538. The summed E-state index contributed by atoms with van der Waals surface area (Å²) in [5.41, 5.74) is 2.83. The van der Waals surface area contributed by atoms with E-state index in [2.05, 4.69) is 31.3 Å². The van der Waals surface area contributed by atoms with Gasteiger partial charge in [-0.3, -0.25) is 9.89 Å². The lowest BCUT2D eigenvalue weighted by Crippen LogP contribution is -2.42. The number of nitrogens with zero attached hydrogens (tertiary/aromatic N) is 2. The number of piperidine rings is 1. The molecule has 3 heterocycles. The number of hydrogen-bond donors (Lipinski definition) is 2. The van der Waals surface area contributed by atoms with Gasteiger partial charge in [-0.15, -0.1) is 0 Å². The first kappa shape index (κ1) is 11.7. The minimum absolute atomic E-state index is 0.0590. The normalized spacial score (nSPS) is 21.1. The van der Waals surface area contributed by atoms with Gasteiger partial charge in [0.2, 0.25) is 0 Å². The van der Waals surface area contributed by atoms with E-state index in [1.54, 1.807) is 4.52 Å². The van der Waals surface area contributed by atoms with E-state index in [-0.39, 0.29) is 11.0 Å². The van der Waals surface area contributed by atoms with Gasteiger partial charge >= 0.3 is 0 Å². The summed E-state index contributed by atoms with van der Waals surface area (Å²) in [5, 5.41) is 6.40. The average molecular weight is 323 g/mol. The van der Waals surface area contributed by atoms with E-state index in [9.17, 15) is 4.79 Å². The Kier molecular flexibility index (Phi) is 2.41. The minimum Gasteiger partial charge on any atom is -0.317 e. The number of nitrogens with one attached hydrogen (secondary N) is 2. The number of aromatic amines is 1. The SMILES string of the molecule is O=c1c2c(nc3cc(Br)[nH]n13)CCC21CCNCC1. The van der Waals surface area contributed by atoms with Gasteiger partial charge in [-0.2, -0.15) is 0 Å². The maximum absolute atomic E-state index is 12.8. The molecule has 100 valence electrons. The standard InChI is InChI=1S/C13H15BrN4O/c14-9-7-10-16-8-1-2-13(3-5-15-6-4-13)11(8)12(19)18(10)17-9/h7,15,17H,1-6H2. The predicted octanol–water partition coefficient (Wildman–Crippen LogP) is 1.35. The van der Waals surface area contributed by atoms with E-state index in [0.717, 1.165) is 54.6 Å². The summed E-state index contributed by atoms with van der Waals surface area (Å²) >= 11 is 3.37. The first-order valence-corrected chi connectivity index (χ1v) is 7.50. The highest BCUT2D eigenvalue weighted by Gasteiger charge is 2.43. The van der Waals surface area contributed by atoms with Crippen molar-refractivity contribution in [3.05, 3.63) is 32.3 Å². The lowest BCUT2D eigenvalue weighted by Gasteiger charge is -2.33. The third kappa shape index (κ3) is 1.56. The van der Waals surface area contributed by atoms with Crippen molar-refractivity contribution in [1.29, 1.82) is 0 Å². The van der Waals surface area contributed by atoms with Crippen LogP contribution in [-0.4, -0.2) is 27.7 Å². The molecule has 1 aliphatic carbocycles. The van der Waals surface area contributed by atoms with Gasteiger partial charge in [0, 0.05) is 17.0 Å². The number of aryl methyl sites for hydroxylation is 1. The molecule has 1 fully saturated rings. The second-order valence-corrected chi connectivity index (χ2v) is 6.42. The van der Waals surface area contributed by atoms with Crippen molar-refractivity contribution < 1.29 is 0 Å². The molecule has 1 aliphatic heterocycles. The van der Waals surface area contributed by atoms with Gasteiger partial charge in [-0.1, -0.05) is 0 Å². The number of hydrogen-bond acceptors (Lipinski definition) is 3. The molecule has 2 N–H and O–H groups in total. The van der Waals surface area contributed by atoms with E-state index >= 15 is 0 Å². The molecule has 1 saturated heterocycles. The molecule has 0 unspecified atom stereocenters. The van der Waals surface area contributed by atoms with Crippen LogP contribution < -0.4 is 10.9 Å². The zero-order chi connectivity index (χ0) is 13.0. The van der Waals surface area contributed by atoms with Gasteiger partial charge in [0.1, 0.15) is 4.60 Å². The molecule has 19 heavy (non-hydrogen) atoms. The van der Waals surface area contributed by atoms with Gasteiger partial charge in [-0.05, 0) is 54.7 Å². The monoisotopic (exact) mass is 322 g/mol. The first-order chi connectivity index (χ1) is 9.20. The third-order valence-electron chi connectivity index (χ3n) is 4.59. The zero-order valence-corrected chi connectivity index (χ0v) is 12.1.